The van der Waals surface area contributed by atoms with Crippen LogP contribution in [0.1, 0.15) is 12.5 Å². The van der Waals surface area contributed by atoms with Crippen molar-refractivity contribution in [2.45, 2.75) is 23.9 Å². The number of hydrogen-bond acceptors (Lipinski definition) is 4. The second-order valence-electron chi connectivity index (χ2n) is 5.45. The molecule has 0 saturated carbocycles. The van der Waals surface area contributed by atoms with Gasteiger partial charge >= 0.3 is 0 Å². The lowest BCUT2D eigenvalue weighted by Crippen LogP contribution is -2.27. The second kappa shape index (κ2) is 6.88. The van der Waals surface area contributed by atoms with Crippen molar-refractivity contribution in [3.8, 4) is 0 Å². The summed E-state index contributed by atoms with van der Waals surface area (Å²) in [6.07, 6.45) is 0. The van der Waals surface area contributed by atoms with Crippen LogP contribution >= 0.6 is 11.8 Å². The smallest absolute Gasteiger partial charge is 0.262 e. The summed E-state index contributed by atoms with van der Waals surface area (Å²) in [7, 11) is 0. The van der Waals surface area contributed by atoms with Gasteiger partial charge in [0.2, 0.25) is 5.91 Å². The summed E-state index contributed by atoms with van der Waals surface area (Å²) in [5, 5.41) is 0.582. The molecule has 122 valence electrons. The van der Waals surface area contributed by atoms with Crippen LogP contribution in [0.5, 0.6) is 0 Å². The molecule has 5 nitrogen and oxygen atoms in total. The van der Waals surface area contributed by atoms with Gasteiger partial charge in [-0.1, -0.05) is 54.2 Å². The summed E-state index contributed by atoms with van der Waals surface area (Å²) in [5.74, 6) is -0.436. The van der Waals surface area contributed by atoms with Gasteiger partial charge in [-0.05, 0) is 24.6 Å². The monoisotopic (exact) mass is 339 g/mol. The summed E-state index contributed by atoms with van der Waals surface area (Å²) in [6, 6.07) is 16.9. The van der Waals surface area contributed by atoms with Crippen molar-refractivity contribution in [3.63, 3.8) is 0 Å². The van der Waals surface area contributed by atoms with Gasteiger partial charge in [-0.25, -0.2) is 4.98 Å². The third kappa shape index (κ3) is 3.33. The van der Waals surface area contributed by atoms with Crippen LogP contribution in [0.4, 0.5) is 0 Å². The molecule has 0 bridgehead atoms. The molecule has 0 unspecified atom stereocenters. The topological polar surface area (TPSA) is 78.0 Å². The van der Waals surface area contributed by atoms with Gasteiger partial charge in [-0.15, -0.1) is 0 Å². The van der Waals surface area contributed by atoms with Crippen LogP contribution in [0.15, 0.2) is 64.5 Å². The van der Waals surface area contributed by atoms with Crippen LogP contribution in [0.3, 0.4) is 0 Å². The Kier molecular flexibility index (Phi) is 4.66. The molecule has 3 rings (SSSR count). The van der Waals surface area contributed by atoms with Gasteiger partial charge in [0, 0.05) is 0 Å². The third-order valence-electron chi connectivity index (χ3n) is 3.69. The molecule has 6 heteroatoms. The van der Waals surface area contributed by atoms with Gasteiger partial charge < -0.3 is 5.73 Å². The molecule has 3 aromatic rings. The molecule has 0 fully saturated rings. The summed E-state index contributed by atoms with van der Waals surface area (Å²) in [5.41, 5.74) is 6.85. The van der Waals surface area contributed by atoms with Gasteiger partial charge in [-0.2, -0.15) is 0 Å². The van der Waals surface area contributed by atoms with Crippen LogP contribution < -0.4 is 11.3 Å². The average molecular weight is 339 g/mol. The molecule has 2 N–H and O–H groups in total. The van der Waals surface area contributed by atoms with E-state index in [9.17, 15) is 9.59 Å². The van der Waals surface area contributed by atoms with Gasteiger partial charge in [0.25, 0.3) is 5.56 Å². The van der Waals surface area contributed by atoms with Crippen LogP contribution in [-0.4, -0.2) is 20.7 Å². The Morgan fingerprint density at radius 1 is 1.17 bits per heavy atom. The van der Waals surface area contributed by atoms with Crippen molar-refractivity contribution in [1.29, 1.82) is 0 Å². The summed E-state index contributed by atoms with van der Waals surface area (Å²) < 4.78 is 1.60. The predicted molar refractivity (Wildman–Crippen MR) is 96.1 cm³/mol. The van der Waals surface area contributed by atoms with Crippen molar-refractivity contribution in [3.05, 3.63) is 70.5 Å². The number of primary amides is 1. The second-order valence-corrected chi connectivity index (χ2v) is 6.76. The van der Waals surface area contributed by atoms with Crippen molar-refractivity contribution in [2.75, 3.05) is 0 Å². The van der Waals surface area contributed by atoms with E-state index in [1.165, 1.54) is 11.8 Å². The van der Waals surface area contributed by atoms with Gasteiger partial charge in [0.1, 0.15) is 0 Å². The van der Waals surface area contributed by atoms with Gasteiger partial charge in [0.15, 0.2) is 5.16 Å². The van der Waals surface area contributed by atoms with Crippen molar-refractivity contribution in [1.82, 2.24) is 9.55 Å². The Morgan fingerprint density at radius 3 is 2.54 bits per heavy atom. The summed E-state index contributed by atoms with van der Waals surface area (Å²) >= 11 is 1.20. The minimum atomic E-state index is -0.472. The molecule has 0 radical (unpaired) electrons. The number of aromatic nitrogens is 2. The SMILES string of the molecule is C[C@H](Sc1nc2ccccc2c(=O)n1Cc1ccccc1)C(N)=O. The number of carbonyl (C=O) groups excluding carboxylic acids is 1. The molecular weight excluding hydrogens is 322 g/mol. The minimum absolute atomic E-state index is 0.122. The van der Waals surface area contributed by atoms with E-state index in [1.807, 2.05) is 42.5 Å². The Balaban J connectivity index is 2.14. The Labute approximate surface area is 143 Å². The number of hydrogen-bond donors (Lipinski definition) is 1. The molecule has 1 atom stereocenters. The molecule has 1 amide bonds. The number of fused-ring (bicyclic) bond motifs is 1. The van der Waals surface area contributed by atoms with E-state index in [0.717, 1.165) is 5.56 Å². The number of para-hydroxylation sites is 1. The Hall–Kier alpha value is -2.60. The highest BCUT2D eigenvalue weighted by Gasteiger charge is 2.17. The zero-order valence-corrected chi connectivity index (χ0v) is 14.0. The molecule has 1 heterocycles. The summed E-state index contributed by atoms with van der Waals surface area (Å²) in [6.45, 7) is 2.10. The van der Waals surface area contributed by atoms with Crippen LogP contribution in [0.2, 0.25) is 0 Å². The normalized spacial score (nSPS) is 12.2. The van der Waals surface area contributed by atoms with E-state index < -0.39 is 11.2 Å². The minimum Gasteiger partial charge on any atom is -0.369 e. The van der Waals surface area contributed by atoms with Crippen LogP contribution in [-0.2, 0) is 11.3 Å². The number of nitrogens with zero attached hydrogens (tertiary/aromatic N) is 2. The number of thioether (sulfide) groups is 1. The zero-order chi connectivity index (χ0) is 17.1. The number of nitrogens with two attached hydrogens (primary N) is 1. The standard InChI is InChI=1S/C18H17N3O2S/c1-12(16(19)22)24-18-20-15-10-6-5-9-14(15)17(23)21(18)11-13-7-3-2-4-8-13/h2-10,12H,11H2,1H3,(H2,19,22)/t12-/m0/s1. The molecule has 0 spiro atoms. The van der Waals surface area contributed by atoms with E-state index >= 15 is 0 Å². The molecule has 0 aliphatic heterocycles. The maximum Gasteiger partial charge on any atom is 0.262 e. The van der Waals surface area contributed by atoms with E-state index in [2.05, 4.69) is 4.98 Å². The molecule has 0 aliphatic carbocycles. The quantitative estimate of drug-likeness (QED) is 0.572. The number of amides is 1. The predicted octanol–water partition coefficient (Wildman–Crippen LogP) is 2.41. The molecule has 0 aliphatic rings. The van der Waals surface area contributed by atoms with E-state index in [1.54, 1.807) is 23.6 Å². The first-order chi connectivity index (χ1) is 11.6. The van der Waals surface area contributed by atoms with Crippen LogP contribution in [0, 0.1) is 0 Å². The van der Waals surface area contributed by atoms with E-state index in [-0.39, 0.29) is 5.56 Å². The maximum absolute atomic E-state index is 12.9. The average Bonchev–Trinajstić information content (AvgIpc) is 2.59. The third-order valence-corrected chi connectivity index (χ3v) is 4.80. The highest BCUT2D eigenvalue weighted by molar-refractivity contribution is 8.00. The number of rotatable bonds is 5. The molecule has 24 heavy (non-hydrogen) atoms. The van der Waals surface area contributed by atoms with Crippen LogP contribution in [0.25, 0.3) is 10.9 Å². The highest BCUT2D eigenvalue weighted by atomic mass is 32.2. The molecule has 1 aromatic heterocycles. The number of carbonyl (C=O) groups is 1. The molecule has 0 saturated heterocycles. The van der Waals surface area contributed by atoms with E-state index in [0.29, 0.717) is 22.6 Å². The van der Waals surface area contributed by atoms with E-state index in [4.69, 9.17) is 5.73 Å². The molecule has 2 aromatic carbocycles. The van der Waals surface area contributed by atoms with Crippen molar-refractivity contribution >= 4 is 28.6 Å². The largest absolute Gasteiger partial charge is 0.369 e. The number of benzene rings is 2. The fourth-order valence-corrected chi connectivity index (χ4v) is 3.22. The lowest BCUT2D eigenvalue weighted by atomic mass is 10.2. The lowest BCUT2D eigenvalue weighted by molar-refractivity contribution is -0.117. The molecular formula is C18H17N3O2S. The Morgan fingerprint density at radius 2 is 1.83 bits per heavy atom. The zero-order valence-electron chi connectivity index (χ0n) is 13.2. The van der Waals surface area contributed by atoms with Gasteiger partial charge in [-0.3, -0.25) is 14.2 Å². The Bertz CT molecular complexity index is 938. The lowest BCUT2D eigenvalue weighted by Gasteiger charge is -2.15. The van der Waals surface area contributed by atoms with Gasteiger partial charge in [0.05, 0.1) is 22.7 Å². The van der Waals surface area contributed by atoms with Crippen molar-refractivity contribution in [2.24, 2.45) is 5.73 Å². The first-order valence-corrected chi connectivity index (χ1v) is 8.43. The summed E-state index contributed by atoms with van der Waals surface area (Å²) in [4.78, 5) is 28.9. The first-order valence-electron chi connectivity index (χ1n) is 7.56. The first kappa shape index (κ1) is 16.3. The fraction of sp³-hybridized carbons (Fsp3) is 0.167. The highest BCUT2D eigenvalue weighted by Crippen LogP contribution is 2.23. The fourth-order valence-electron chi connectivity index (χ4n) is 2.36. The van der Waals surface area contributed by atoms with Crippen molar-refractivity contribution < 1.29 is 4.79 Å². The maximum atomic E-state index is 12.9.